The van der Waals surface area contributed by atoms with Crippen LogP contribution >= 0.6 is 29.9 Å². The van der Waals surface area contributed by atoms with E-state index in [0.29, 0.717) is 0 Å². The van der Waals surface area contributed by atoms with E-state index in [2.05, 4.69) is 55.3 Å². The molecule has 2 rings (SSSR count). The minimum atomic E-state index is -0.184. The van der Waals surface area contributed by atoms with Crippen LogP contribution in [0, 0.1) is 0 Å². The van der Waals surface area contributed by atoms with E-state index in [9.17, 15) is 0 Å². The second kappa shape index (κ2) is 5.34. The zero-order valence-corrected chi connectivity index (χ0v) is 11.7. The van der Waals surface area contributed by atoms with Gasteiger partial charge in [0.05, 0.1) is 0 Å². The summed E-state index contributed by atoms with van der Waals surface area (Å²) in [6, 6.07) is 15.2. The van der Waals surface area contributed by atoms with E-state index in [1.54, 1.807) is 0 Å². The van der Waals surface area contributed by atoms with Gasteiger partial charge in [-0.05, 0) is 10.8 Å². The molecule has 0 amide bonds. The standard InChI is InChI=1S/C10H7.2BrH.Mg/c1-2-6-10-8-4-3-7-9(10)5-1;;;/h1-3,5-8H;2*1H;/q;;;+1/p-1. The van der Waals surface area contributed by atoms with E-state index in [4.69, 9.17) is 0 Å². The molecule has 2 aromatic carbocycles. The smallest absolute Gasteiger partial charge is 0.296 e. The van der Waals surface area contributed by atoms with Gasteiger partial charge in [0.1, 0.15) is 0 Å². The number of benzene rings is 2. The Bertz CT molecular complexity index is 401. The largest absolute Gasteiger partial charge is 0.506 e. The van der Waals surface area contributed by atoms with Gasteiger partial charge in [-0.25, -0.2) is 0 Å². The van der Waals surface area contributed by atoms with Crippen LogP contribution < -0.4 is 3.69 Å². The van der Waals surface area contributed by atoms with Crippen molar-refractivity contribution in [3.8, 4) is 0 Å². The zero-order valence-electron chi connectivity index (χ0n) is 7.03. The maximum atomic E-state index is 3.58. The van der Waals surface area contributed by atoms with Crippen LogP contribution in [-0.4, -0.2) is 18.2 Å². The van der Waals surface area contributed by atoms with E-state index in [1.807, 2.05) is 0 Å². The molecule has 0 bridgehead atoms. The van der Waals surface area contributed by atoms with Gasteiger partial charge in [-0.1, -0.05) is 42.5 Å². The van der Waals surface area contributed by atoms with E-state index in [0.717, 1.165) is 0 Å². The molecule has 0 aliphatic rings. The predicted octanol–water partition coefficient (Wildman–Crippen LogP) is 3.06. The maximum Gasteiger partial charge on any atom is 0.506 e. The first-order valence-corrected chi connectivity index (χ1v) is 8.54. The lowest BCUT2D eigenvalue weighted by Crippen LogP contribution is -2.06. The molecule has 0 heterocycles. The molecule has 0 aliphatic heterocycles. The van der Waals surface area contributed by atoms with Crippen molar-refractivity contribution < 1.29 is 0 Å². The lowest BCUT2D eigenvalue weighted by Gasteiger charge is -1.99. The minimum absolute atomic E-state index is 0. The third-order valence-corrected chi connectivity index (χ3v) is 4.66. The van der Waals surface area contributed by atoms with Crippen molar-refractivity contribution in [3.63, 3.8) is 0 Å². The third-order valence-electron chi connectivity index (χ3n) is 1.97. The fraction of sp³-hybridized carbons (Fsp3) is 0. The van der Waals surface area contributed by atoms with Gasteiger partial charge in [0, 0.05) is 0 Å². The van der Waals surface area contributed by atoms with Crippen LogP contribution in [0.1, 0.15) is 0 Å². The van der Waals surface area contributed by atoms with Gasteiger partial charge in [0.15, 0.2) is 0 Å². The number of fused-ring (bicyclic) bond motifs is 1. The van der Waals surface area contributed by atoms with Crippen molar-refractivity contribution in [2.24, 2.45) is 0 Å². The van der Waals surface area contributed by atoms with Crippen molar-refractivity contribution >= 4 is 62.5 Å². The summed E-state index contributed by atoms with van der Waals surface area (Å²) in [6.07, 6.45) is 0. The van der Waals surface area contributed by atoms with Crippen molar-refractivity contribution in [2.45, 2.75) is 0 Å². The fourth-order valence-electron chi connectivity index (χ4n) is 1.32. The Hall–Kier alpha value is 0.426. The first-order chi connectivity index (χ1) is 5.90. The summed E-state index contributed by atoms with van der Waals surface area (Å²) in [5.74, 6) is 0. The third kappa shape index (κ3) is 2.69. The van der Waals surface area contributed by atoms with Crippen LogP contribution in [-0.2, 0) is 0 Å². The Kier molecular flexibility index (Phi) is 4.73. The lowest BCUT2D eigenvalue weighted by atomic mass is 10.1. The molecule has 0 N–H and O–H groups in total. The molecule has 0 saturated heterocycles. The summed E-state index contributed by atoms with van der Waals surface area (Å²) in [7, 11) is 0. The molecule has 0 aromatic heterocycles. The molecule has 0 unspecified atom stereocenters. The van der Waals surface area contributed by atoms with Gasteiger partial charge >= 0.3 is 18.2 Å². The van der Waals surface area contributed by atoms with Gasteiger partial charge < -0.3 is 0 Å². The normalized spacial score (nSPS) is 9.00. The molecular formula is C10H8Br2Mg. The van der Waals surface area contributed by atoms with Crippen molar-refractivity contribution in [2.75, 3.05) is 0 Å². The topological polar surface area (TPSA) is 0 Å². The Balaban J connectivity index is 0.000000845. The Labute approximate surface area is 104 Å². The summed E-state index contributed by atoms with van der Waals surface area (Å²) in [4.78, 5) is 0. The van der Waals surface area contributed by atoms with Gasteiger partial charge in [-0.15, -0.1) is 17.0 Å². The highest BCUT2D eigenvalue weighted by molar-refractivity contribution is 9.23. The van der Waals surface area contributed by atoms with E-state index in [1.165, 1.54) is 14.5 Å². The highest BCUT2D eigenvalue weighted by atomic mass is 79.9. The molecular weight excluding hydrogens is 304 g/mol. The monoisotopic (exact) mass is 310 g/mol. The molecule has 0 aliphatic carbocycles. The van der Waals surface area contributed by atoms with Crippen LogP contribution in [0.3, 0.4) is 0 Å². The van der Waals surface area contributed by atoms with Gasteiger partial charge in [0.2, 0.25) is 0 Å². The van der Waals surface area contributed by atoms with E-state index in [-0.39, 0.29) is 35.2 Å². The van der Waals surface area contributed by atoms with Gasteiger partial charge in [-0.3, -0.25) is 12.9 Å². The van der Waals surface area contributed by atoms with Crippen molar-refractivity contribution in [1.82, 2.24) is 0 Å². The molecule has 64 valence electrons. The van der Waals surface area contributed by atoms with Crippen LogP contribution in [0.25, 0.3) is 10.8 Å². The maximum absolute atomic E-state index is 3.58. The average molecular weight is 312 g/mol. The van der Waals surface area contributed by atoms with Gasteiger partial charge in [0.25, 0.3) is 0 Å². The van der Waals surface area contributed by atoms with Crippen LogP contribution in [0.2, 0.25) is 0 Å². The van der Waals surface area contributed by atoms with E-state index < -0.39 is 0 Å². The summed E-state index contributed by atoms with van der Waals surface area (Å²) in [5, 5.41) is 2.68. The van der Waals surface area contributed by atoms with Crippen LogP contribution in [0.4, 0.5) is 0 Å². The predicted molar refractivity (Wildman–Crippen MR) is 68.6 cm³/mol. The van der Waals surface area contributed by atoms with Crippen LogP contribution in [0.5, 0.6) is 0 Å². The molecule has 2 aromatic rings. The molecule has 13 heavy (non-hydrogen) atoms. The summed E-state index contributed by atoms with van der Waals surface area (Å²) >= 11 is 3.40. The van der Waals surface area contributed by atoms with Gasteiger partial charge in [-0.2, -0.15) is 3.69 Å². The number of rotatable bonds is 1. The van der Waals surface area contributed by atoms with Crippen molar-refractivity contribution in [1.29, 1.82) is 0 Å². The molecule has 0 nitrogen and oxygen atoms in total. The number of halogens is 2. The lowest BCUT2D eigenvalue weighted by molar-refractivity contribution is 1.78. The number of hydrogen-bond acceptors (Lipinski definition) is 0. The zero-order chi connectivity index (χ0) is 8.39. The minimum Gasteiger partial charge on any atom is -0.296 e. The van der Waals surface area contributed by atoms with Crippen LogP contribution in [0.15, 0.2) is 42.5 Å². The summed E-state index contributed by atoms with van der Waals surface area (Å²) < 4.78 is 1.47. The second-order valence-corrected chi connectivity index (χ2v) is 5.58. The molecule has 0 atom stereocenters. The summed E-state index contributed by atoms with van der Waals surface area (Å²) in [6.45, 7) is 0. The fourth-order valence-corrected chi connectivity index (χ4v) is 2.87. The quantitative estimate of drug-likeness (QED) is 0.710. The molecule has 0 saturated carbocycles. The Morgan fingerprint density at radius 3 is 2.31 bits per heavy atom. The average Bonchev–Trinajstić information content (AvgIpc) is 2.17. The highest BCUT2D eigenvalue weighted by Crippen LogP contribution is 2.10. The Morgan fingerprint density at radius 1 is 0.923 bits per heavy atom. The first-order valence-electron chi connectivity index (χ1n) is 3.94. The SMILES string of the molecule is Br.[Br][Mg][c]1ccc2ccccc2c1. The molecule has 0 spiro atoms. The second-order valence-electron chi connectivity index (χ2n) is 2.82. The van der Waals surface area contributed by atoms with Crippen molar-refractivity contribution in [3.05, 3.63) is 42.5 Å². The Morgan fingerprint density at radius 2 is 1.62 bits per heavy atom. The summed E-state index contributed by atoms with van der Waals surface area (Å²) in [5.41, 5.74) is 0. The molecule has 3 heteroatoms. The first kappa shape index (κ1) is 11.5. The molecule has 0 fully saturated rings. The molecule has 0 radical (unpaired) electrons. The highest BCUT2D eigenvalue weighted by Gasteiger charge is 1.95. The van der Waals surface area contributed by atoms with E-state index >= 15 is 0 Å². The number of hydrogen-bond donors (Lipinski definition) is 0.